The van der Waals surface area contributed by atoms with E-state index in [0.29, 0.717) is 0 Å². The average Bonchev–Trinajstić information content (AvgIpc) is 2.15. The van der Waals surface area contributed by atoms with Crippen LogP contribution in [-0.2, 0) is 0 Å². The summed E-state index contributed by atoms with van der Waals surface area (Å²) in [5.74, 6) is -0.552. The van der Waals surface area contributed by atoms with Crippen molar-refractivity contribution in [3.05, 3.63) is 18.2 Å². The number of hydrogen-bond donors (Lipinski definition) is 0. The first kappa shape index (κ1) is 15.8. The predicted octanol–water partition coefficient (Wildman–Crippen LogP) is 4.26. The van der Waals surface area contributed by atoms with Crippen molar-refractivity contribution in [2.75, 3.05) is 19.0 Å². The van der Waals surface area contributed by atoms with E-state index in [4.69, 9.17) is 0 Å². The second kappa shape index (κ2) is 5.40. The molecule has 0 aromatic heterocycles. The predicted molar refractivity (Wildman–Crippen MR) is 59.4 cm³/mol. The Kier molecular flexibility index (Phi) is 4.49. The highest BCUT2D eigenvalue weighted by Gasteiger charge is 2.33. The van der Waals surface area contributed by atoms with Gasteiger partial charge in [0.05, 0.1) is 5.69 Å². The molecule has 0 bridgehead atoms. The summed E-state index contributed by atoms with van der Waals surface area (Å²) in [5.41, 5.74) is -4.60. The van der Waals surface area contributed by atoms with Crippen LogP contribution in [-0.4, -0.2) is 26.0 Å². The second-order valence-electron chi connectivity index (χ2n) is 3.62. The minimum absolute atomic E-state index is 0.0911. The molecule has 0 aliphatic rings. The fourth-order valence-electron chi connectivity index (χ4n) is 1.25. The van der Waals surface area contributed by atoms with Gasteiger partial charge in [-0.1, -0.05) is 0 Å². The monoisotopic (exact) mass is 305 g/mol. The fraction of sp³-hybridized carbons (Fsp3) is 0.400. The Morgan fingerprint density at radius 3 is 2.05 bits per heavy atom. The molecule has 0 heterocycles. The molecule has 0 fully saturated rings. The summed E-state index contributed by atoms with van der Waals surface area (Å²) in [6, 6.07) is 2.77. The van der Waals surface area contributed by atoms with Crippen molar-refractivity contribution in [1.29, 1.82) is 0 Å². The van der Waals surface area contributed by atoms with E-state index in [1.54, 1.807) is 0 Å². The van der Waals surface area contributed by atoms with E-state index in [9.17, 15) is 26.3 Å². The van der Waals surface area contributed by atoms with Crippen LogP contribution in [0.3, 0.4) is 0 Å². The van der Waals surface area contributed by atoms with Crippen LogP contribution in [0, 0.1) is 0 Å². The molecule has 108 valence electrons. The number of benzene rings is 1. The van der Waals surface area contributed by atoms with Crippen molar-refractivity contribution in [2.24, 2.45) is 0 Å². The van der Waals surface area contributed by atoms with E-state index < -0.39 is 29.4 Å². The summed E-state index contributed by atoms with van der Waals surface area (Å²) in [6.45, 7) is 0. The number of halogens is 6. The fourth-order valence-corrected chi connectivity index (χ4v) is 1.83. The maximum absolute atomic E-state index is 12.2. The quantitative estimate of drug-likeness (QED) is 0.611. The lowest BCUT2D eigenvalue weighted by atomic mass is 10.3. The molecule has 0 saturated carbocycles. The van der Waals surface area contributed by atoms with Gasteiger partial charge < -0.3 is 9.64 Å². The van der Waals surface area contributed by atoms with Crippen LogP contribution in [0.15, 0.2) is 23.1 Å². The van der Waals surface area contributed by atoms with Crippen molar-refractivity contribution in [2.45, 2.75) is 16.8 Å². The van der Waals surface area contributed by atoms with Crippen molar-refractivity contribution in [1.82, 2.24) is 0 Å². The first-order valence-electron chi connectivity index (χ1n) is 4.81. The highest BCUT2D eigenvalue weighted by Crippen LogP contribution is 2.41. The van der Waals surface area contributed by atoms with E-state index in [0.717, 1.165) is 18.2 Å². The van der Waals surface area contributed by atoms with Crippen LogP contribution in [0.4, 0.5) is 32.0 Å². The lowest BCUT2D eigenvalue weighted by Crippen LogP contribution is -2.20. The molecule has 0 atom stereocenters. The second-order valence-corrected chi connectivity index (χ2v) is 4.76. The Hall–Kier alpha value is -1.25. The number of alkyl halides is 6. The summed E-state index contributed by atoms with van der Waals surface area (Å²) in [6.07, 6.45) is -4.90. The Morgan fingerprint density at radius 1 is 1.05 bits per heavy atom. The number of ether oxygens (including phenoxy) is 1. The summed E-state index contributed by atoms with van der Waals surface area (Å²) in [7, 11) is 2.81. The van der Waals surface area contributed by atoms with Crippen LogP contribution in [0.25, 0.3) is 0 Å². The van der Waals surface area contributed by atoms with E-state index in [2.05, 4.69) is 4.74 Å². The van der Waals surface area contributed by atoms with Crippen LogP contribution >= 0.6 is 11.8 Å². The first-order chi connectivity index (χ1) is 8.48. The highest BCUT2D eigenvalue weighted by atomic mass is 32.2. The zero-order chi connectivity index (χ0) is 14.8. The van der Waals surface area contributed by atoms with Crippen LogP contribution < -0.4 is 9.64 Å². The Labute approximate surface area is 109 Å². The largest absolute Gasteiger partial charge is 0.573 e. The third-order valence-electron chi connectivity index (χ3n) is 1.87. The molecule has 9 heteroatoms. The van der Waals surface area contributed by atoms with E-state index in [-0.39, 0.29) is 10.6 Å². The lowest BCUT2D eigenvalue weighted by Gasteiger charge is -2.19. The maximum Gasteiger partial charge on any atom is 0.573 e. The van der Waals surface area contributed by atoms with Crippen molar-refractivity contribution in [3.8, 4) is 5.75 Å². The molecule has 1 aromatic carbocycles. The minimum Gasteiger partial charge on any atom is -0.404 e. The van der Waals surface area contributed by atoms with Gasteiger partial charge in [0.15, 0.2) is 5.75 Å². The third kappa shape index (κ3) is 5.50. The van der Waals surface area contributed by atoms with Crippen molar-refractivity contribution in [3.63, 3.8) is 0 Å². The molecule has 19 heavy (non-hydrogen) atoms. The summed E-state index contributed by atoms with van der Waals surface area (Å²) < 4.78 is 76.7. The number of thioether (sulfide) groups is 1. The van der Waals surface area contributed by atoms with Crippen molar-refractivity contribution < 1.29 is 31.1 Å². The third-order valence-corrected chi connectivity index (χ3v) is 2.59. The number of anilines is 1. The van der Waals surface area contributed by atoms with Gasteiger partial charge in [0.2, 0.25) is 0 Å². The standard InChI is InChI=1S/C10H9F6NOS/c1-17(2)7-5-6(19-10(14,15)16)3-4-8(7)18-9(11,12)13/h3-5H,1-2H3. The molecule has 1 rings (SSSR count). The van der Waals surface area contributed by atoms with Gasteiger partial charge in [-0.2, -0.15) is 13.2 Å². The Balaban J connectivity index is 3.08. The van der Waals surface area contributed by atoms with E-state index >= 15 is 0 Å². The summed E-state index contributed by atoms with van der Waals surface area (Å²) in [5, 5.41) is 0. The zero-order valence-electron chi connectivity index (χ0n) is 9.76. The normalized spacial score (nSPS) is 12.4. The van der Waals surface area contributed by atoms with Gasteiger partial charge in [0, 0.05) is 19.0 Å². The average molecular weight is 305 g/mol. The van der Waals surface area contributed by atoms with Gasteiger partial charge in [-0.05, 0) is 30.0 Å². The molecule has 0 N–H and O–H groups in total. The van der Waals surface area contributed by atoms with E-state index in [1.807, 2.05) is 0 Å². The summed E-state index contributed by atoms with van der Waals surface area (Å²) >= 11 is -0.404. The molecule has 1 aromatic rings. The van der Waals surface area contributed by atoms with Gasteiger partial charge >= 0.3 is 11.9 Å². The number of hydrogen-bond acceptors (Lipinski definition) is 3. The molecule has 2 nitrogen and oxygen atoms in total. The van der Waals surface area contributed by atoms with Gasteiger partial charge in [-0.3, -0.25) is 0 Å². The Morgan fingerprint density at radius 2 is 1.63 bits per heavy atom. The molecular formula is C10H9F6NOS. The van der Waals surface area contributed by atoms with Crippen LogP contribution in [0.5, 0.6) is 5.75 Å². The van der Waals surface area contributed by atoms with Gasteiger partial charge in [-0.25, -0.2) is 0 Å². The molecule has 0 radical (unpaired) electrons. The van der Waals surface area contributed by atoms with Crippen LogP contribution in [0.2, 0.25) is 0 Å². The van der Waals surface area contributed by atoms with Crippen molar-refractivity contribution >= 4 is 17.4 Å². The molecule has 0 saturated heterocycles. The van der Waals surface area contributed by atoms with Gasteiger partial charge in [-0.15, -0.1) is 13.2 Å². The number of rotatable bonds is 3. The maximum atomic E-state index is 12.2. The zero-order valence-corrected chi connectivity index (χ0v) is 10.6. The van der Waals surface area contributed by atoms with E-state index in [1.165, 1.54) is 19.0 Å². The Bertz CT molecular complexity index is 443. The molecule has 0 spiro atoms. The SMILES string of the molecule is CN(C)c1cc(SC(F)(F)F)ccc1OC(F)(F)F. The molecule has 0 aliphatic carbocycles. The van der Waals surface area contributed by atoms with Crippen LogP contribution in [0.1, 0.15) is 0 Å². The van der Waals surface area contributed by atoms with Gasteiger partial charge in [0.25, 0.3) is 0 Å². The molecular weight excluding hydrogens is 296 g/mol. The lowest BCUT2D eigenvalue weighted by molar-refractivity contribution is -0.274. The molecule has 0 unspecified atom stereocenters. The topological polar surface area (TPSA) is 12.5 Å². The van der Waals surface area contributed by atoms with Gasteiger partial charge in [0.1, 0.15) is 0 Å². The number of nitrogens with zero attached hydrogens (tertiary/aromatic N) is 1. The summed E-state index contributed by atoms with van der Waals surface area (Å²) in [4.78, 5) is 1.02. The smallest absolute Gasteiger partial charge is 0.404 e. The molecule has 0 aliphatic heterocycles. The molecule has 0 amide bonds. The minimum atomic E-state index is -4.90. The first-order valence-corrected chi connectivity index (χ1v) is 5.62. The highest BCUT2D eigenvalue weighted by molar-refractivity contribution is 8.00.